The third-order valence-corrected chi connectivity index (χ3v) is 4.73. The van der Waals surface area contributed by atoms with Crippen molar-refractivity contribution in [2.75, 3.05) is 0 Å². The molecule has 1 aromatic carbocycles. The van der Waals surface area contributed by atoms with Crippen molar-refractivity contribution in [1.82, 2.24) is 4.57 Å². The van der Waals surface area contributed by atoms with Crippen molar-refractivity contribution in [3.63, 3.8) is 0 Å². The molecule has 1 heterocycles. The first kappa shape index (κ1) is 11.8. The van der Waals surface area contributed by atoms with E-state index in [9.17, 15) is 0 Å². The molecular weight excluding hydrogens is 218 g/mol. The molecule has 1 unspecified atom stereocenters. The maximum Gasteiger partial charge on any atom is 0.0482 e. The number of hydrogen-bond acceptors (Lipinski definition) is 0. The molecule has 0 saturated carbocycles. The van der Waals surface area contributed by atoms with Crippen LogP contribution in [0.2, 0.25) is 0 Å². The van der Waals surface area contributed by atoms with Crippen LogP contribution in [0, 0.1) is 0 Å². The number of aromatic nitrogens is 1. The summed E-state index contributed by atoms with van der Waals surface area (Å²) >= 11 is 0. The van der Waals surface area contributed by atoms with Crippen LogP contribution in [-0.4, -0.2) is 4.57 Å². The number of nitrogens with zero attached hydrogens (tertiary/aromatic N) is 1. The van der Waals surface area contributed by atoms with E-state index in [1.165, 1.54) is 48.6 Å². The molecule has 1 aliphatic carbocycles. The second-order valence-corrected chi connectivity index (χ2v) is 5.78. The van der Waals surface area contributed by atoms with E-state index in [0.29, 0.717) is 5.92 Å². The Morgan fingerprint density at radius 3 is 2.78 bits per heavy atom. The van der Waals surface area contributed by atoms with Gasteiger partial charge in [0.2, 0.25) is 0 Å². The molecule has 1 aliphatic rings. The number of benzene rings is 1. The first-order chi connectivity index (χ1) is 8.72. The summed E-state index contributed by atoms with van der Waals surface area (Å²) in [7, 11) is 2.23. The zero-order valence-corrected chi connectivity index (χ0v) is 11.8. The van der Waals surface area contributed by atoms with Crippen LogP contribution >= 0.6 is 0 Å². The van der Waals surface area contributed by atoms with Crippen molar-refractivity contribution >= 4 is 10.9 Å². The molecule has 1 atom stereocenters. The molecule has 2 aromatic rings. The number of hydrogen-bond donors (Lipinski definition) is 0. The first-order valence-corrected chi connectivity index (χ1v) is 7.32. The highest BCUT2D eigenvalue weighted by molar-refractivity contribution is 5.86. The summed E-state index contributed by atoms with van der Waals surface area (Å²) in [6, 6.07) is 7.10. The summed E-state index contributed by atoms with van der Waals surface area (Å²) in [5, 5.41) is 1.52. The van der Waals surface area contributed by atoms with Gasteiger partial charge in [-0.05, 0) is 61.3 Å². The van der Waals surface area contributed by atoms with Gasteiger partial charge < -0.3 is 4.57 Å². The average molecular weight is 241 g/mol. The van der Waals surface area contributed by atoms with Crippen molar-refractivity contribution in [3.05, 3.63) is 35.0 Å². The Labute approximate surface area is 110 Å². The molecule has 0 amide bonds. The lowest BCUT2D eigenvalue weighted by Crippen LogP contribution is -2.04. The molecule has 0 spiro atoms. The van der Waals surface area contributed by atoms with E-state index in [4.69, 9.17) is 0 Å². The van der Waals surface area contributed by atoms with Crippen molar-refractivity contribution in [3.8, 4) is 0 Å². The molecular formula is C17H23N. The van der Waals surface area contributed by atoms with Gasteiger partial charge >= 0.3 is 0 Å². The Balaban J connectivity index is 2.21. The van der Waals surface area contributed by atoms with Gasteiger partial charge in [-0.1, -0.05) is 19.9 Å². The van der Waals surface area contributed by atoms with E-state index in [0.717, 1.165) is 0 Å². The van der Waals surface area contributed by atoms with Crippen LogP contribution in [-0.2, 0) is 19.9 Å². The van der Waals surface area contributed by atoms with Gasteiger partial charge in [0, 0.05) is 23.6 Å². The second kappa shape index (κ2) is 4.46. The van der Waals surface area contributed by atoms with E-state index in [1.54, 1.807) is 11.3 Å². The van der Waals surface area contributed by atoms with Gasteiger partial charge in [0.15, 0.2) is 0 Å². The fourth-order valence-corrected chi connectivity index (χ4v) is 3.33. The van der Waals surface area contributed by atoms with Crippen LogP contribution in [0.5, 0.6) is 0 Å². The molecule has 0 saturated heterocycles. The zero-order chi connectivity index (χ0) is 12.7. The minimum Gasteiger partial charge on any atom is -0.347 e. The Bertz CT molecular complexity index is 577. The van der Waals surface area contributed by atoms with Crippen LogP contribution < -0.4 is 0 Å². The predicted octanol–water partition coefficient (Wildman–Crippen LogP) is 4.57. The lowest BCUT2D eigenvalue weighted by molar-refractivity contribution is 0.653. The van der Waals surface area contributed by atoms with Gasteiger partial charge in [-0.3, -0.25) is 0 Å². The van der Waals surface area contributed by atoms with Gasteiger partial charge in [-0.15, -0.1) is 0 Å². The molecule has 1 heteroatoms. The van der Waals surface area contributed by atoms with Gasteiger partial charge in [0.05, 0.1) is 0 Å². The van der Waals surface area contributed by atoms with E-state index >= 15 is 0 Å². The largest absolute Gasteiger partial charge is 0.347 e. The predicted molar refractivity (Wildman–Crippen MR) is 78.3 cm³/mol. The topological polar surface area (TPSA) is 4.93 Å². The van der Waals surface area contributed by atoms with Crippen LogP contribution in [0.25, 0.3) is 10.9 Å². The molecule has 0 bridgehead atoms. The van der Waals surface area contributed by atoms with Crippen molar-refractivity contribution in [2.24, 2.45) is 7.05 Å². The third kappa shape index (κ3) is 1.68. The normalized spacial score (nSPS) is 16.8. The standard InChI is InChI=1S/C17H23N/c1-4-12(2)13-9-10-17-15(11-13)14-7-5-6-8-16(14)18(17)3/h9-12H,4-8H2,1-3H3. The molecule has 96 valence electrons. The highest BCUT2D eigenvalue weighted by Crippen LogP contribution is 2.33. The summed E-state index contributed by atoms with van der Waals surface area (Å²) in [6.07, 6.45) is 6.48. The summed E-state index contributed by atoms with van der Waals surface area (Å²) in [5.74, 6) is 0.675. The van der Waals surface area contributed by atoms with Crippen molar-refractivity contribution in [2.45, 2.75) is 51.9 Å². The minimum absolute atomic E-state index is 0.675. The highest BCUT2D eigenvalue weighted by Gasteiger charge is 2.18. The molecule has 1 nitrogen and oxygen atoms in total. The summed E-state index contributed by atoms with van der Waals surface area (Å²) in [6.45, 7) is 4.60. The molecule has 0 radical (unpaired) electrons. The second-order valence-electron chi connectivity index (χ2n) is 5.78. The third-order valence-electron chi connectivity index (χ3n) is 4.73. The Hall–Kier alpha value is -1.24. The van der Waals surface area contributed by atoms with Crippen molar-refractivity contribution in [1.29, 1.82) is 0 Å². The lowest BCUT2D eigenvalue weighted by atomic mass is 9.92. The van der Waals surface area contributed by atoms with Crippen LogP contribution in [0.4, 0.5) is 0 Å². The van der Waals surface area contributed by atoms with Crippen LogP contribution in [0.1, 0.15) is 55.8 Å². The molecule has 0 N–H and O–H groups in total. The first-order valence-electron chi connectivity index (χ1n) is 7.32. The van der Waals surface area contributed by atoms with Crippen LogP contribution in [0.3, 0.4) is 0 Å². The quantitative estimate of drug-likeness (QED) is 0.725. The van der Waals surface area contributed by atoms with Gasteiger partial charge in [0.1, 0.15) is 0 Å². The Morgan fingerprint density at radius 1 is 1.22 bits per heavy atom. The van der Waals surface area contributed by atoms with E-state index in [-0.39, 0.29) is 0 Å². The van der Waals surface area contributed by atoms with Crippen LogP contribution in [0.15, 0.2) is 18.2 Å². The molecule has 3 rings (SSSR count). The highest BCUT2D eigenvalue weighted by atomic mass is 14.9. The van der Waals surface area contributed by atoms with Crippen molar-refractivity contribution < 1.29 is 0 Å². The lowest BCUT2D eigenvalue weighted by Gasteiger charge is -2.13. The molecule has 1 aromatic heterocycles. The number of rotatable bonds is 2. The van der Waals surface area contributed by atoms with Gasteiger partial charge in [-0.2, -0.15) is 0 Å². The van der Waals surface area contributed by atoms with Gasteiger partial charge in [0.25, 0.3) is 0 Å². The zero-order valence-electron chi connectivity index (χ0n) is 11.8. The van der Waals surface area contributed by atoms with E-state index < -0.39 is 0 Å². The van der Waals surface area contributed by atoms with Gasteiger partial charge in [-0.25, -0.2) is 0 Å². The smallest absolute Gasteiger partial charge is 0.0482 e. The maximum atomic E-state index is 2.45. The maximum absolute atomic E-state index is 2.45. The molecule has 0 aliphatic heterocycles. The summed E-state index contributed by atoms with van der Waals surface area (Å²) < 4.78 is 2.42. The Morgan fingerprint density at radius 2 is 2.00 bits per heavy atom. The Kier molecular flexibility index (Phi) is 2.93. The summed E-state index contributed by atoms with van der Waals surface area (Å²) in [5.41, 5.74) is 6.14. The summed E-state index contributed by atoms with van der Waals surface area (Å²) in [4.78, 5) is 0. The fourth-order valence-electron chi connectivity index (χ4n) is 3.33. The number of fused-ring (bicyclic) bond motifs is 3. The SMILES string of the molecule is CCC(C)c1ccc2c(c1)c1c(n2C)CCCC1. The molecule has 18 heavy (non-hydrogen) atoms. The average Bonchev–Trinajstić information content (AvgIpc) is 2.72. The fraction of sp³-hybridized carbons (Fsp3) is 0.529. The van der Waals surface area contributed by atoms with E-state index in [2.05, 4.69) is 43.7 Å². The number of aryl methyl sites for hydroxylation is 2. The minimum atomic E-state index is 0.675. The van der Waals surface area contributed by atoms with E-state index in [1.807, 2.05) is 0 Å². The molecule has 0 fully saturated rings. The monoisotopic (exact) mass is 241 g/mol.